The van der Waals surface area contributed by atoms with Crippen LogP contribution in [-0.2, 0) is 9.59 Å². The molecule has 5 nitrogen and oxygen atoms in total. The minimum atomic E-state index is -0.221. The van der Waals surface area contributed by atoms with Crippen LogP contribution >= 0.6 is 35.3 Å². The number of benzene rings is 1. The first-order chi connectivity index (χ1) is 11.0. The number of nitrogens with one attached hydrogen (secondary N) is 1. The molecule has 8 heteroatoms. The number of amides is 2. The van der Waals surface area contributed by atoms with Crippen LogP contribution in [0, 0.1) is 0 Å². The summed E-state index contributed by atoms with van der Waals surface area (Å²) >= 11 is 7.50. The Labute approximate surface area is 146 Å². The molecule has 2 amide bonds. The highest BCUT2D eigenvalue weighted by atomic mass is 32.2. The molecule has 1 N–H and O–H groups in total. The van der Waals surface area contributed by atoms with Gasteiger partial charge in [-0.2, -0.15) is 0 Å². The molecule has 0 bridgehead atoms. The molecule has 0 unspecified atom stereocenters. The third-order valence-electron chi connectivity index (χ3n) is 2.95. The van der Waals surface area contributed by atoms with Gasteiger partial charge in [-0.3, -0.25) is 14.5 Å². The molecule has 2 heterocycles. The van der Waals surface area contributed by atoms with Crippen LogP contribution in [0.2, 0.25) is 0 Å². The van der Waals surface area contributed by atoms with E-state index in [1.165, 1.54) is 30.0 Å². The topological polar surface area (TPSA) is 62.3 Å². The maximum atomic E-state index is 12.0. The summed E-state index contributed by atoms with van der Waals surface area (Å²) in [7, 11) is 0. The number of rotatable bonds is 3. The van der Waals surface area contributed by atoms with Gasteiger partial charge in [0.05, 0.1) is 16.3 Å². The molecule has 116 valence electrons. The molecule has 0 aliphatic carbocycles. The first-order valence-electron chi connectivity index (χ1n) is 6.61. The lowest BCUT2D eigenvalue weighted by atomic mass is 10.3. The second-order valence-electron chi connectivity index (χ2n) is 4.60. The van der Waals surface area contributed by atoms with E-state index in [9.17, 15) is 9.59 Å². The van der Waals surface area contributed by atoms with Crippen LogP contribution in [0.3, 0.4) is 0 Å². The number of nitrogens with zero attached hydrogens (tertiary/aromatic N) is 2. The largest absolute Gasteiger partial charge is 0.307 e. The summed E-state index contributed by atoms with van der Waals surface area (Å²) in [6.07, 6.45) is 1.67. The van der Waals surface area contributed by atoms with Gasteiger partial charge >= 0.3 is 0 Å². The van der Waals surface area contributed by atoms with Crippen LogP contribution in [0.25, 0.3) is 6.08 Å². The molecular weight excluding hydrogens is 350 g/mol. The molecule has 1 fully saturated rings. The number of thiocarbonyl (C=S) groups is 1. The average Bonchev–Trinajstić information content (AvgIpc) is 3.07. The van der Waals surface area contributed by atoms with Crippen molar-refractivity contribution in [2.45, 2.75) is 6.92 Å². The second-order valence-corrected chi connectivity index (χ2v) is 7.15. The highest BCUT2D eigenvalue weighted by Crippen LogP contribution is 2.31. The van der Waals surface area contributed by atoms with Gasteiger partial charge in [-0.1, -0.05) is 42.2 Å². The Bertz CT molecular complexity index is 814. The lowest BCUT2D eigenvalue weighted by Crippen LogP contribution is -2.22. The average molecular weight is 361 g/mol. The summed E-state index contributed by atoms with van der Waals surface area (Å²) in [5, 5.41) is 4.92. The molecule has 2 aromatic rings. The van der Waals surface area contributed by atoms with Crippen molar-refractivity contribution in [1.82, 2.24) is 10.3 Å². The van der Waals surface area contributed by atoms with E-state index in [0.717, 1.165) is 5.69 Å². The van der Waals surface area contributed by atoms with Gasteiger partial charge in [0.2, 0.25) is 5.91 Å². The molecule has 1 aliphatic rings. The summed E-state index contributed by atoms with van der Waals surface area (Å²) in [5.41, 5.74) is 1.37. The van der Waals surface area contributed by atoms with Gasteiger partial charge in [0, 0.05) is 12.3 Å². The fourth-order valence-corrected chi connectivity index (χ4v) is 3.88. The van der Waals surface area contributed by atoms with Crippen LogP contribution in [0.5, 0.6) is 0 Å². The number of hydrogen-bond acceptors (Lipinski definition) is 6. The Morgan fingerprint density at radius 3 is 2.70 bits per heavy atom. The standard InChI is InChI=1S/C15H11N3O2S3/c1-9(19)18(11-5-3-2-4-6-11)14-16-10(8-22-14)7-12-13(20)17-15(21)23-12/h2-8H,1H3,(H,17,20,21)/b12-7-. The number of hydrogen-bond donors (Lipinski definition) is 1. The van der Waals surface area contributed by atoms with E-state index in [1.54, 1.807) is 16.4 Å². The molecule has 0 atom stereocenters. The summed E-state index contributed by atoms with van der Waals surface area (Å²) in [6.45, 7) is 1.49. The maximum absolute atomic E-state index is 12.0. The van der Waals surface area contributed by atoms with E-state index in [4.69, 9.17) is 12.2 Å². The van der Waals surface area contributed by atoms with Gasteiger partial charge < -0.3 is 5.32 Å². The van der Waals surface area contributed by atoms with Crippen molar-refractivity contribution in [2.75, 3.05) is 4.90 Å². The lowest BCUT2D eigenvalue weighted by molar-refractivity contribution is -0.116. The van der Waals surface area contributed by atoms with Crippen molar-refractivity contribution in [3.05, 3.63) is 46.3 Å². The van der Waals surface area contributed by atoms with Gasteiger partial charge in [-0.05, 0) is 18.2 Å². The predicted octanol–water partition coefficient (Wildman–Crippen LogP) is 3.32. The molecule has 0 spiro atoms. The SMILES string of the molecule is CC(=O)N(c1ccccc1)c1nc(/C=C2\SC(=S)NC2=O)cs1. The molecule has 1 aromatic carbocycles. The van der Waals surface area contributed by atoms with E-state index in [1.807, 2.05) is 30.3 Å². The summed E-state index contributed by atoms with van der Waals surface area (Å²) < 4.78 is 0.436. The minimum absolute atomic E-state index is 0.126. The fourth-order valence-electron chi connectivity index (χ4n) is 2.00. The Morgan fingerprint density at radius 1 is 1.35 bits per heavy atom. The summed E-state index contributed by atoms with van der Waals surface area (Å²) in [5.74, 6) is -0.347. The maximum Gasteiger partial charge on any atom is 0.263 e. The Kier molecular flexibility index (Phi) is 4.56. The normalized spacial score (nSPS) is 15.8. The highest BCUT2D eigenvalue weighted by Gasteiger charge is 2.23. The van der Waals surface area contributed by atoms with Crippen molar-refractivity contribution >= 4 is 68.3 Å². The molecule has 1 saturated heterocycles. The Hall–Kier alpha value is -2.03. The number of anilines is 2. The molecule has 3 rings (SSSR count). The quantitative estimate of drug-likeness (QED) is 0.671. The van der Waals surface area contributed by atoms with Crippen LogP contribution < -0.4 is 10.2 Å². The summed E-state index contributed by atoms with van der Waals surface area (Å²) in [4.78, 5) is 30.2. The lowest BCUT2D eigenvalue weighted by Gasteiger charge is -2.17. The zero-order chi connectivity index (χ0) is 16.4. The first-order valence-corrected chi connectivity index (χ1v) is 8.71. The molecule has 23 heavy (non-hydrogen) atoms. The van der Waals surface area contributed by atoms with Gasteiger partial charge in [0.1, 0.15) is 4.32 Å². The van der Waals surface area contributed by atoms with Gasteiger partial charge in [0.25, 0.3) is 5.91 Å². The summed E-state index contributed by atoms with van der Waals surface area (Å²) in [6, 6.07) is 9.31. The fraction of sp³-hybridized carbons (Fsp3) is 0.0667. The van der Waals surface area contributed by atoms with Gasteiger partial charge in [-0.25, -0.2) is 4.98 Å². The minimum Gasteiger partial charge on any atom is -0.307 e. The first kappa shape index (κ1) is 15.9. The molecular formula is C15H11N3O2S3. The van der Waals surface area contributed by atoms with Crippen LogP contribution in [-0.4, -0.2) is 21.1 Å². The zero-order valence-electron chi connectivity index (χ0n) is 12.0. The third kappa shape index (κ3) is 3.49. The Balaban J connectivity index is 1.91. The third-order valence-corrected chi connectivity index (χ3v) is 4.96. The molecule has 1 aliphatic heterocycles. The molecule has 0 saturated carbocycles. The van der Waals surface area contributed by atoms with E-state index in [2.05, 4.69) is 10.3 Å². The number of thiazole rings is 1. The Morgan fingerprint density at radius 2 is 2.09 bits per heavy atom. The van der Waals surface area contributed by atoms with Crippen molar-refractivity contribution < 1.29 is 9.59 Å². The molecule has 1 aromatic heterocycles. The van der Waals surface area contributed by atoms with Crippen LogP contribution in [0.1, 0.15) is 12.6 Å². The highest BCUT2D eigenvalue weighted by molar-refractivity contribution is 8.26. The van der Waals surface area contributed by atoms with Crippen molar-refractivity contribution in [3.8, 4) is 0 Å². The monoisotopic (exact) mass is 361 g/mol. The van der Waals surface area contributed by atoms with Crippen LogP contribution in [0.4, 0.5) is 10.8 Å². The number of aromatic nitrogens is 1. The number of carbonyl (C=O) groups excluding carboxylic acids is 2. The van der Waals surface area contributed by atoms with Crippen LogP contribution in [0.15, 0.2) is 40.6 Å². The molecule has 0 radical (unpaired) electrons. The van der Waals surface area contributed by atoms with E-state index >= 15 is 0 Å². The van der Waals surface area contributed by atoms with E-state index in [-0.39, 0.29) is 11.8 Å². The number of para-hydroxylation sites is 1. The van der Waals surface area contributed by atoms with Crippen molar-refractivity contribution in [3.63, 3.8) is 0 Å². The zero-order valence-corrected chi connectivity index (χ0v) is 14.4. The second kappa shape index (κ2) is 6.61. The van der Waals surface area contributed by atoms with E-state index in [0.29, 0.717) is 20.1 Å². The van der Waals surface area contributed by atoms with Gasteiger partial charge in [0.15, 0.2) is 5.13 Å². The number of thioether (sulfide) groups is 1. The van der Waals surface area contributed by atoms with Crippen molar-refractivity contribution in [1.29, 1.82) is 0 Å². The smallest absolute Gasteiger partial charge is 0.263 e. The number of carbonyl (C=O) groups is 2. The van der Waals surface area contributed by atoms with Gasteiger partial charge in [-0.15, -0.1) is 11.3 Å². The predicted molar refractivity (Wildman–Crippen MR) is 97.7 cm³/mol. The van der Waals surface area contributed by atoms with Crippen molar-refractivity contribution in [2.24, 2.45) is 0 Å². The van der Waals surface area contributed by atoms with E-state index < -0.39 is 0 Å².